The largest absolute Gasteiger partial charge is 0.382 e. The number of nitrogens with two attached hydrogens (primary N) is 1. The van der Waals surface area contributed by atoms with Crippen molar-refractivity contribution < 1.29 is 14.3 Å². The van der Waals surface area contributed by atoms with Crippen LogP contribution in [0.1, 0.15) is 24.0 Å². The SMILES string of the molecule is COCCOCCCCNC(=O)Cc1ccccc1CN. The van der Waals surface area contributed by atoms with Crippen molar-refractivity contribution in [2.75, 3.05) is 33.5 Å². The number of ether oxygens (including phenoxy) is 2. The summed E-state index contributed by atoms with van der Waals surface area (Å²) in [6.45, 7) is 3.09. The van der Waals surface area contributed by atoms with E-state index in [0.29, 0.717) is 39.3 Å². The van der Waals surface area contributed by atoms with Crippen molar-refractivity contribution in [2.45, 2.75) is 25.8 Å². The quantitative estimate of drug-likeness (QED) is 0.602. The molecule has 5 heteroatoms. The number of benzene rings is 1. The third-order valence-electron chi connectivity index (χ3n) is 3.16. The first-order chi connectivity index (χ1) is 10.3. The normalized spacial score (nSPS) is 10.6. The molecule has 118 valence electrons. The van der Waals surface area contributed by atoms with E-state index in [4.69, 9.17) is 15.2 Å². The number of hydrogen-bond donors (Lipinski definition) is 2. The van der Waals surface area contributed by atoms with Gasteiger partial charge in [-0.3, -0.25) is 4.79 Å². The van der Waals surface area contributed by atoms with Crippen LogP contribution in [0.2, 0.25) is 0 Å². The van der Waals surface area contributed by atoms with E-state index in [0.717, 1.165) is 24.0 Å². The molecule has 0 fully saturated rings. The zero-order valence-corrected chi connectivity index (χ0v) is 12.8. The summed E-state index contributed by atoms with van der Waals surface area (Å²) >= 11 is 0. The lowest BCUT2D eigenvalue weighted by Gasteiger charge is -2.08. The highest BCUT2D eigenvalue weighted by molar-refractivity contribution is 5.78. The minimum atomic E-state index is 0.0381. The van der Waals surface area contributed by atoms with E-state index >= 15 is 0 Å². The van der Waals surface area contributed by atoms with Crippen LogP contribution in [0.25, 0.3) is 0 Å². The Morgan fingerprint density at radius 2 is 1.90 bits per heavy atom. The third-order valence-corrected chi connectivity index (χ3v) is 3.16. The molecule has 1 amide bonds. The Balaban J connectivity index is 2.11. The topological polar surface area (TPSA) is 73.6 Å². The number of carbonyl (C=O) groups is 1. The summed E-state index contributed by atoms with van der Waals surface area (Å²) in [6.07, 6.45) is 2.23. The molecular formula is C16H26N2O3. The van der Waals surface area contributed by atoms with Crippen molar-refractivity contribution in [2.24, 2.45) is 5.73 Å². The van der Waals surface area contributed by atoms with Crippen LogP contribution in [0.15, 0.2) is 24.3 Å². The molecule has 1 aromatic carbocycles. The lowest BCUT2D eigenvalue weighted by molar-refractivity contribution is -0.120. The third kappa shape index (κ3) is 7.80. The molecule has 0 aliphatic carbocycles. The van der Waals surface area contributed by atoms with Crippen LogP contribution in [-0.2, 0) is 27.2 Å². The second kappa shape index (κ2) is 11.3. The smallest absolute Gasteiger partial charge is 0.224 e. The zero-order chi connectivity index (χ0) is 15.3. The molecule has 0 unspecified atom stereocenters. The Morgan fingerprint density at radius 1 is 1.14 bits per heavy atom. The molecule has 0 spiro atoms. The number of hydrogen-bond acceptors (Lipinski definition) is 4. The average Bonchev–Trinajstić information content (AvgIpc) is 2.50. The molecule has 0 atom stereocenters. The highest BCUT2D eigenvalue weighted by Gasteiger charge is 2.06. The Morgan fingerprint density at radius 3 is 2.62 bits per heavy atom. The molecule has 0 saturated carbocycles. The minimum Gasteiger partial charge on any atom is -0.382 e. The van der Waals surface area contributed by atoms with Crippen molar-refractivity contribution in [3.63, 3.8) is 0 Å². The zero-order valence-electron chi connectivity index (χ0n) is 12.8. The maximum absolute atomic E-state index is 11.9. The lowest BCUT2D eigenvalue weighted by Crippen LogP contribution is -2.26. The first-order valence-electron chi connectivity index (χ1n) is 7.38. The highest BCUT2D eigenvalue weighted by Crippen LogP contribution is 2.08. The summed E-state index contributed by atoms with van der Waals surface area (Å²) in [5.74, 6) is 0.0381. The first-order valence-corrected chi connectivity index (χ1v) is 7.38. The summed E-state index contributed by atoms with van der Waals surface area (Å²) in [4.78, 5) is 11.9. The molecule has 1 aromatic rings. The predicted molar refractivity (Wildman–Crippen MR) is 83.0 cm³/mol. The maximum atomic E-state index is 11.9. The predicted octanol–water partition coefficient (Wildman–Crippen LogP) is 1.25. The van der Waals surface area contributed by atoms with Gasteiger partial charge in [0.15, 0.2) is 0 Å². The monoisotopic (exact) mass is 294 g/mol. The summed E-state index contributed by atoms with van der Waals surface area (Å²) < 4.78 is 10.2. The Labute approximate surface area is 126 Å². The minimum absolute atomic E-state index is 0.0381. The standard InChI is InChI=1S/C16H26N2O3/c1-20-10-11-21-9-5-4-8-18-16(19)12-14-6-2-3-7-15(14)13-17/h2-3,6-7H,4-5,8-13,17H2,1H3,(H,18,19). The van der Waals surface area contributed by atoms with Crippen LogP contribution in [0.3, 0.4) is 0 Å². The van der Waals surface area contributed by atoms with Crippen LogP contribution < -0.4 is 11.1 Å². The van der Waals surface area contributed by atoms with Gasteiger partial charge in [0.1, 0.15) is 0 Å². The van der Waals surface area contributed by atoms with Crippen molar-refractivity contribution in [3.8, 4) is 0 Å². The lowest BCUT2D eigenvalue weighted by atomic mass is 10.0. The van der Waals surface area contributed by atoms with Crippen molar-refractivity contribution in [1.29, 1.82) is 0 Å². The van der Waals surface area contributed by atoms with E-state index in [1.165, 1.54) is 0 Å². The van der Waals surface area contributed by atoms with Crippen molar-refractivity contribution in [1.82, 2.24) is 5.32 Å². The van der Waals surface area contributed by atoms with Gasteiger partial charge >= 0.3 is 0 Å². The molecule has 0 bridgehead atoms. The molecule has 3 N–H and O–H groups in total. The fourth-order valence-corrected chi connectivity index (χ4v) is 1.97. The number of carbonyl (C=O) groups excluding carboxylic acids is 1. The van der Waals surface area contributed by atoms with Gasteiger partial charge in [0.2, 0.25) is 5.91 Å². The van der Waals surface area contributed by atoms with Crippen LogP contribution in [0.5, 0.6) is 0 Å². The van der Waals surface area contributed by atoms with Crippen LogP contribution in [0.4, 0.5) is 0 Å². The summed E-state index contributed by atoms with van der Waals surface area (Å²) in [5.41, 5.74) is 7.69. The fraction of sp³-hybridized carbons (Fsp3) is 0.562. The van der Waals surface area contributed by atoms with Gasteiger partial charge in [0.25, 0.3) is 0 Å². The summed E-state index contributed by atoms with van der Waals surface area (Å²) in [5, 5.41) is 2.92. The van der Waals surface area contributed by atoms with Crippen LogP contribution in [0, 0.1) is 0 Å². The van der Waals surface area contributed by atoms with E-state index in [9.17, 15) is 4.79 Å². The second-order valence-corrected chi connectivity index (χ2v) is 4.81. The molecule has 0 aliphatic heterocycles. The molecule has 0 saturated heterocycles. The summed E-state index contributed by atoms with van der Waals surface area (Å²) in [6, 6.07) is 7.78. The molecule has 5 nitrogen and oxygen atoms in total. The van der Waals surface area contributed by atoms with E-state index in [1.807, 2.05) is 24.3 Å². The van der Waals surface area contributed by atoms with Crippen molar-refractivity contribution in [3.05, 3.63) is 35.4 Å². The van der Waals surface area contributed by atoms with Gasteiger partial charge in [-0.25, -0.2) is 0 Å². The van der Waals surface area contributed by atoms with Crippen molar-refractivity contribution >= 4 is 5.91 Å². The number of rotatable bonds is 11. The number of methoxy groups -OCH3 is 1. The fourth-order valence-electron chi connectivity index (χ4n) is 1.97. The first kappa shape index (κ1) is 17.6. The molecule has 0 aliphatic rings. The Kier molecular flexibility index (Phi) is 9.44. The molecular weight excluding hydrogens is 268 g/mol. The van der Waals surface area contributed by atoms with Gasteiger partial charge in [-0.05, 0) is 24.0 Å². The van der Waals surface area contributed by atoms with Gasteiger partial charge in [-0.1, -0.05) is 24.3 Å². The molecule has 0 heterocycles. The van der Waals surface area contributed by atoms with Gasteiger partial charge in [0, 0.05) is 26.8 Å². The molecule has 0 aromatic heterocycles. The average molecular weight is 294 g/mol. The van der Waals surface area contributed by atoms with Gasteiger partial charge in [-0.15, -0.1) is 0 Å². The molecule has 21 heavy (non-hydrogen) atoms. The number of unbranched alkanes of at least 4 members (excludes halogenated alkanes) is 1. The van der Waals surface area contributed by atoms with E-state index in [1.54, 1.807) is 7.11 Å². The maximum Gasteiger partial charge on any atom is 0.224 e. The van der Waals surface area contributed by atoms with Crippen LogP contribution in [-0.4, -0.2) is 39.4 Å². The van der Waals surface area contributed by atoms with Crippen LogP contribution >= 0.6 is 0 Å². The highest BCUT2D eigenvalue weighted by atomic mass is 16.5. The number of nitrogens with one attached hydrogen (secondary N) is 1. The molecule has 1 rings (SSSR count). The van der Waals surface area contributed by atoms with E-state index < -0.39 is 0 Å². The van der Waals surface area contributed by atoms with E-state index in [2.05, 4.69) is 5.32 Å². The molecule has 0 radical (unpaired) electrons. The number of amides is 1. The van der Waals surface area contributed by atoms with Gasteiger partial charge < -0.3 is 20.5 Å². The van der Waals surface area contributed by atoms with Gasteiger partial charge in [-0.2, -0.15) is 0 Å². The van der Waals surface area contributed by atoms with Gasteiger partial charge in [0.05, 0.1) is 19.6 Å². The Hall–Kier alpha value is -1.43. The van der Waals surface area contributed by atoms with E-state index in [-0.39, 0.29) is 5.91 Å². The second-order valence-electron chi connectivity index (χ2n) is 4.81. The summed E-state index contributed by atoms with van der Waals surface area (Å²) in [7, 11) is 1.65. The Bertz CT molecular complexity index is 410.